The van der Waals surface area contributed by atoms with E-state index in [1.54, 1.807) is 0 Å². The first-order chi connectivity index (χ1) is 8.58. The van der Waals surface area contributed by atoms with Crippen LogP contribution in [-0.4, -0.2) is 29.8 Å². The molecule has 1 aliphatic heterocycles. The van der Waals surface area contributed by atoms with E-state index in [4.69, 9.17) is 15.2 Å². The van der Waals surface area contributed by atoms with Gasteiger partial charge in [0, 0.05) is 0 Å². The van der Waals surface area contributed by atoms with Gasteiger partial charge in [0.05, 0.1) is 30.0 Å². The average molecular weight is 316 g/mol. The molecule has 1 aromatic rings. The normalized spacial score (nSPS) is 20.3. The molecule has 0 aromatic carbocycles. The zero-order chi connectivity index (χ0) is 13.1. The number of ether oxygens (including phenoxy) is 2. The first-order valence-corrected chi connectivity index (χ1v) is 6.88. The minimum absolute atomic E-state index is 0.208. The molecular formula is C12H18BrN3O2. The summed E-state index contributed by atoms with van der Waals surface area (Å²) < 4.78 is 11.8. The van der Waals surface area contributed by atoms with Gasteiger partial charge in [-0.15, -0.1) is 0 Å². The van der Waals surface area contributed by atoms with Gasteiger partial charge < -0.3 is 15.2 Å². The molecule has 0 aliphatic carbocycles. The zero-order valence-electron chi connectivity index (χ0n) is 10.6. The van der Waals surface area contributed by atoms with Crippen LogP contribution in [0.25, 0.3) is 0 Å². The minimum Gasteiger partial charge on any atom is -0.383 e. The second kappa shape index (κ2) is 5.95. The van der Waals surface area contributed by atoms with Gasteiger partial charge in [-0.3, -0.25) is 0 Å². The zero-order valence-corrected chi connectivity index (χ0v) is 12.2. The summed E-state index contributed by atoms with van der Waals surface area (Å²) in [5.74, 6) is 1.59. The number of nitrogen functional groups attached to an aromatic ring is 1. The molecule has 1 atom stereocenters. The lowest BCUT2D eigenvalue weighted by molar-refractivity contribution is -0.0935. The fraction of sp³-hybridized carbons (Fsp3) is 0.667. The molecule has 6 heteroatoms. The third-order valence-electron chi connectivity index (χ3n) is 2.67. The average Bonchev–Trinajstić information content (AvgIpc) is 2.35. The number of aromatic nitrogens is 2. The van der Waals surface area contributed by atoms with Crippen molar-refractivity contribution in [1.82, 2.24) is 9.97 Å². The number of hydrogen-bond acceptors (Lipinski definition) is 5. The van der Waals surface area contributed by atoms with E-state index in [9.17, 15) is 0 Å². The Morgan fingerprint density at radius 1 is 1.39 bits per heavy atom. The third kappa shape index (κ3) is 3.18. The highest BCUT2D eigenvalue weighted by Crippen LogP contribution is 2.26. The molecule has 18 heavy (non-hydrogen) atoms. The summed E-state index contributed by atoms with van der Waals surface area (Å²) in [6.07, 6.45) is 0.647. The van der Waals surface area contributed by atoms with Gasteiger partial charge in [0.2, 0.25) is 0 Å². The highest BCUT2D eigenvalue weighted by atomic mass is 79.9. The van der Waals surface area contributed by atoms with Gasteiger partial charge in [-0.25, -0.2) is 9.97 Å². The second-order valence-electron chi connectivity index (χ2n) is 4.76. The molecule has 1 saturated heterocycles. The molecule has 1 fully saturated rings. The van der Waals surface area contributed by atoms with E-state index in [-0.39, 0.29) is 6.10 Å². The van der Waals surface area contributed by atoms with E-state index in [2.05, 4.69) is 39.7 Å². The largest absolute Gasteiger partial charge is 0.383 e. The lowest BCUT2D eigenvalue weighted by Gasteiger charge is -2.22. The molecule has 0 radical (unpaired) electrons. The van der Waals surface area contributed by atoms with E-state index in [1.165, 1.54) is 0 Å². The summed E-state index contributed by atoms with van der Waals surface area (Å²) in [4.78, 5) is 8.83. The van der Waals surface area contributed by atoms with Crippen molar-refractivity contribution in [2.24, 2.45) is 5.92 Å². The summed E-state index contributed by atoms with van der Waals surface area (Å²) in [6.45, 7) is 5.97. The molecule has 0 amide bonds. The highest BCUT2D eigenvalue weighted by molar-refractivity contribution is 9.10. The molecule has 2 heterocycles. The van der Waals surface area contributed by atoms with Gasteiger partial charge in [0.25, 0.3) is 0 Å². The van der Waals surface area contributed by atoms with Crippen LogP contribution < -0.4 is 5.73 Å². The standard InChI is InChI=1S/C12H18BrN3O2/c1-7(2)5-8-10(13)11(14)16-12(15-8)9-6-17-3-4-18-9/h7,9H,3-6H2,1-2H3,(H2,14,15,16). The fourth-order valence-electron chi connectivity index (χ4n) is 1.84. The van der Waals surface area contributed by atoms with E-state index in [0.29, 0.717) is 37.4 Å². The van der Waals surface area contributed by atoms with Crippen molar-refractivity contribution in [3.05, 3.63) is 16.0 Å². The van der Waals surface area contributed by atoms with Crippen LogP contribution in [0.3, 0.4) is 0 Å². The van der Waals surface area contributed by atoms with Crippen LogP contribution in [0.15, 0.2) is 4.47 Å². The topological polar surface area (TPSA) is 70.3 Å². The molecule has 2 N–H and O–H groups in total. The van der Waals surface area contributed by atoms with Crippen LogP contribution >= 0.6 is 15.9 Å². The monoisotopic (exact) mass is 315 g/mol. The van der Waals surface area contributed by atoms with Gasteiger partial charge in [-0.2, -0.15) is 0 Å². The molecule has 0 saturated carbocycles. The van der Waals surface area contributed by atoms with E-state index in [0.717, 1.165) is 16.6 Å². The molecular weight excluding hydrogens is 298 g/mol. The second-order valence-corrected chi connectivity index (χ2v) is 5.55. The quantitative estimate of drug-likeness (QED) is 0.925. The number of halogens is 1. The number of rotatable bonds is 3. The SMILES string of the molecule is CC(C)Cc1nc(C2COCCO2)nc(N)c1Br. The molecule has 100 valence electrons. The van der Waals surface area contributed by atoms with Gasteiger partial charge >= 0.3 is 0 Å². The first-order valence-electron chi connectivity index (χ1n) is 6.09. The summed E-state index contributed by atoms with van der Waals surface area (Å²) in [6, 6.07) is 0. The van der Waals surface area contributed by atoms with Gasteiger partial charge in [-0.05, 0) is 28.3 Å². The number of anilines is 1. The van der Waals surface area contributed by atoms with E-state index < -0.39 is 0 Å². The Labute approximate surface area is 115 Å². The Bertz CT molecular complexity index is 420. The third-order valence-corrected chi connectivity index (χ3v) is 3.53. The van der Waals surface area contributed by atoms with Crippen LogP contribution in [0.2, 0.25) is 0 Å². The van der Waals surface area contributed by atoms with Crippen LogP contribution in [-0.2, 0) is 15.9 Å². The fourth-order valence-corrected chi connectivity index (χ4v) is 2.17. The molecule has 1 aromatic heterocycles. The van der Waals surface area contributed by atoms with Crippen LogP contribution in [0.4, 0.5) is 5.82 Å². The lowest BCUT2D eigenvalue weighted by Crippen LogP contribution is -2.24. The van der Waals surface area contributed by atoms with Crippen molar-refractivity contribution in [2.45, 2.75) is 26.4 Å². The summed E-state index contributed by atoms with van der Waals surface area (Å²) in [5.41, 5.74) is 6.84. The predicted molar refractivity (Wildman–Crippen MR) is 72.2 cm³/mol. The van der Waals surface area contributed by atoms with Crippen LogP contribution in [0, 0.1) is 5.92 Å². The van der Waals surface area contributed by atoms with E-state index >= 15 is 0 Å². The molecule has 2 rings (SSSR count). The minimum atomic E-state index is -0.208. The van der Waals surface area contributed by atoms with Gasteiger partial charge in [0.15, 0.2) is 5.82 Å². The Morgan fingerprint density at radius 3 is 2.78 bits per heavy atom. The summed E-state index contributed by atoms with van der Waals surface area (Å²) >= 11 is 3.44. The number of hydrogen-bond donors (Lipinski definition) is 1. The Hall–Kier alpha value is -0.720. The molecule has 1 unspecified atom stereocenters. The van der Waals surface area contributed by atoms with Crippen molar-refractivity contribution >= 4 is 21.7 Å². The Balaban J connectivity index is 2.27. The van der Waals surface area contributed by atoms with Crippen molar-refractivity contribution in [2.75, 3.05) is 25.6 Å². The molecule has 0 spiro atoms. The number of nitrogens with zero attached hydrogens (tertiary/aromatic N) is 2. The highest BCUT2D eigenvalue weighted by Gasteiger charge is 2.22. The molecule has 0 bridgehead atoms. The van der Waals surface area contributed by atoms with Crippen molar-refractivity contribution in [1.29, 1.82) is 0 Å². The maximum absolute atomic E-state index is 5.91. The van der Waals surface area contributed by atoms with Crippen LogP contribution in [0.1, 0.15) is 31.5 Å². The maximum Gasteiger partial charge on any atom is 0.162 e. The first kappa shape index (κ1) is 13.7. The number of nitrogens with two attached hydrogens (primary N) is 1. The summed E-state index contributed by atoms with van der Waals surface area (Å²) in [7, 11) is 0. The van der Waals surface area contributed by atoms with Crippen molar-refractivity contribution in [3.63, 3.8) is 0 Å². The smallest absolute Gasteiger partial charge is 0.162 e. The van der Waals surface area contributed by atoms with Crippen molar-refractivity contribution in [3.8, 4) is 0 Å². The van der Waals surface area contributed by atoms with Crippen molar-refractivity contribution < 1.29 is 9.47 Å². The van der Waals surface area contributed by atoms with E-state index in [1.807, 2.05) is 0 Å². The Morgan fingerprint density at radius 2 is 2.17 bits per heavy atom. The summed E-state index contributed by atoms with van der Waals surface area (Å²) in [5, 5.41) is 0. The van der Waals surface area contributed by atoms with Gasteiger partial charge in [-0.1, -0.05) is 13.8 Å². The predicted octanol–water partition coefficient (Wildman–Crippen LogP) is 2.11. The lowest BCUT2D eigenvalue weighted by atomic mass is 10.1. The molecule has 5 nitrogen and oxygen atoms in total. The van der Waals surface area contributed by atoms with Gasteiger partial charge in [0.1, 0.15) is 11.9 Å². The molecule has 1 aliphatic rings. The maximum atomic E-state index is 5.91. The Kier molecular flexibility index (Phi) is 4.53. The van der Waals surface area contributed by atoms with Crippen LogP contribution in [0.5, 0.6) is 0 Å².